The lowest BCUT2D eigenvalue weighted by Gasteiger charge is -2.15. The molecule has 0 bridgehead atoms. The molecular formula is C15H34O2. The Kier molecular flexibility index (Phi) is 14.0. The van der Waals surface area contributed by atoms with Gasteiger partial charge in [0.15, 0.2) is 0 Å². The molecule has 0 fully saturated rings. The van der Waals surface area contributed by atoms with Gasteiger partial charge in [-0.3, -0.25) is 0 Å². The molecule has 0 aromatic rings. The van der Waals surface area contributed by atoms with E-state index in [1.807, 2.05) is 13.8 Å². The minimum absolute atomic E-state index is 0.0741. The molecule has 0 heterocycles. The average molecular weight is 246 g/mol. The summed E-state index contributed by atoms with van der Waals surface area (Å²) in [6, 6.07) is 0. The second kappa shape index (κ2) is 12.4. The van der Waals surface area contributed by atoms with Crippen molar-refractivity contribution in [2.75, 3.05) is 0 Å². The van der Waals surface area contributed by atoms with Crippen LogP contribution in [0.25, 0.3) is 0 Å². The highest BCUT2D eigenvalue weighted by atomic mass is 16.3. The first-order chi connectivity index (χ1) is 7.88. The first-order valence-corrected chi connectivity index (χ1v) is 7.24. The molecule has 3 unspecified atom stereocenters. The lowest BCUT2D eigenvalue weighted by Crippen LogP contribution is -2.15. The van der Waals surface area contributed by atoms with Gasteiger partial charge < -0.3 is 10.2 Å². The van der Waals surface area contributed by atoms with E-state index in [1.165, 1.54) is 6.42 Å². The third-order valence-corrected chi connectivity index (χ3v) is 3.03. The second-order valence-corrected chi connectivity index (χ2v) is 5.43. The summed E-state index contributed by atoms with van der Waals surface area (Å²) in [5.41, 5.74) is 0. The highest BCUT2D eigenvalue weighted by Crippen LogP contribution is 2.12. The van der Waals surface area contributed by atoms with Gasteiger partial charge in [-0.05, 0) is 37.5 Å². The lowest BCUT2D eigenvalue weighted by molar-refractivity contribution is 0.107. The molecule has 2 nitrogen and oxygen atoms in total. The maximum atomic E-state index is 9.26. The van der Waals surface area contributed by atoms with E-state index in [9.17, 15) is 5.11 Å². The quantitative estimate of drug-likeness (QED) is 0.713. The van der Waals surface area contributed by atoms with E-state index in [1.54, 1.807) is 0 Å². The second-order valence-electron chi connectivity index (χ2n) is 5.43. The molecule has 0 spiro atoms. The van der Waals surface area contributed by atoms with E-state index in [4.69, 9.17) is 5.11 Å². The topological polar surface area (TPSA) is 40.5 Å². The predicted octanol–water partition coefficient (Wildman–Crippen LogP) is 4.00. The van der Waals surface area contributed by atoms with Crippen molar-refractivity contribution >= 4 is 0 Å². The Hall–Kier alpha value is -0.0800. The van der Waals surface area contributed by atoms with Gasteiger partial charge in [0.05, 0.1) is 12.2 Å². The Balaban J connectivity index is 0. The van der Waals surface area contributed by atoms with Crippen LogP contribution in [0.2, 0.25) is 0 Å². The Morgan fingerprint density at radius 3 is 1.65 bits per heavy atom. The molecular weight excluding hydrogens is 212 g/mol. The molecule has 3 atom stereocenters. The maximum absolute atomic E-state index is 9.26. The summed E-state index contributed by atoms with van der Waals surface area (Å²) in [5.74, 6) is 1.12. The van der Waals surface area contributed by atoms with Crippen molar-refractivity contribution in [2.45, 2.75) is 85.9 Å². The maximum Gasteiger partial charge on any atom is 0.0563 e. The molecule has 0 saturated carbocycles. The first kappa shape index (κ1) is 19.3. The molecule has 0 aromatic heterocycles. The monoisotopic (exact) mass is 246 g/mol. The van der Waals surface area contributed by atoms with Gasteiger partial charge in [0, 0.05) is 0 Å². The smallest absolute Gasteiger partial charge is 0.0563 e. The number of rotatable bonds is 7. The van der Waals surface area contributed by atoms with Crippen molar-refractivity contribution in [3.8, 4) is 0 Å². The zero-order valence-electron chi connectivity index (χ0n) is 12.7. The van der Waals surface area contributed by atoms with Crippen LogP contribution < -0.4 is 0 Å². The molecule has 2 N–H and O–H groups in total. The Labute approximate surface area is 108 Å². The molecule has 0 aromatic carbocycles. The van der Waals surface area contributed by atoms with E-state index in [0.29, 0.717) is 11.8 Å². The summed E-state index contributed by atoms with van der Waals surface area (Å²) < 4.78 is 0. The molecule has 0 rings (SSSR count). The van der Waals surface area contributed by atoms with Crippen LogP contribution in [-0.2, 0) is 0 Å². The van der Waals surface area contributed by atoms with E-state index < -0.39 is 0 Å². The van der Waals surface area contributed by atoms with Crippen molar-refractivity contribution in [3.05, 3.63) is 0 Å². The predicted molar refractivity (Wildman–Crippen MR) is 76.1 cm³/mol. The van der Waals surface area contributed by atoms with Crippen molar-refractivity contribution in [3.63, 3.8) is 0 Å². The molecule has 0 aliphatic rings. The van der Waals surface area contributed by atoms with Gasteiger partial charge in [-0.25, -0.2) is 0 Å². The fourth-order valence-corrected chi connectivity index (χ4v) is 1.76. The van der Waals surface area contributed by atoms with E-state index in [2.05, 4.69) is 27.7 Å². The van der Waals surface area contributed by atoms with Crippen LogP contribution >= 0.6 is 0 Å². The van der Waals surface area contributed by atoms with Gasteiger partial charge in [-0.1, -0.05) is 48.0 Å². The van der Waals surface area contributed by atoms with Gasteiger partial charge in [-0.2, -0.15) is 0 Å². The first-order valence-electron chi connectivity index (χ1n) is 7.24. The van der Waals surface area contributed by atoms with Crippen molar-refractivity contribution < 1.29 is 10.2 Å². The Morgan fingerprint density at radius 2 is 1.41 bits per heavy atom. The van der Waals surface area contributed by atoms with Crippen LogP contribution in [0.4, 0.5) is 0 Å². The van der Waals surface area contributed by atoms with Gasteiger partial charge in [0.25, 0.3) is 0 Å². The van der Waals surface area contributed by atoms with Gasteiger partial charge in [-0.15, -0.1) is 0 Å². The van der Waals surface area contributed by atoms with Crippen LogP contribution in [-0.4, -0.2) is 22.4 Å². The lowest BCUT2D eigenvalue weighted by atomic mass is 9.98. The zero-order chi connectivity index (χ0) is 13.8. The summed E-state index contributed by atoms with van der Waals surface area (Å²) in [4.78, 5) is 0. The van der Waals surface area contributed by atoms with Crippen molar-refractivity contribution in [1.82, 2.24) is 0 Å². The molecule has 0 aliphatic heterocycles. The van der Waals surface area contributed by atoms with Crippen molar-refractivity contribution in [1.29, 1.82) is 0 Å². The molecule has 0 radical (unpaired) electrons. The molecule has 2 heteroatoms. The highest BCUT2D eigenvalue weighted by molar-refractivity contribution is 4.60. The molecule has 0 aliphatic carbocycles. The Morgan fingerprint density at radius 1 is 0.882 bits per heavy atom. The highest BCUT2D eigenvalue weighted by Gasteiger charge is 2.09. The van der Waals surface area contributed by atoms with Gasteiger partial charge in [0.1, 0.15) is 0 Å². The number of aliphatic hydroxyl groups excluding tert-OH is 2. The Bertz CT molecular complexity index is 146. The SMILES string of the molecule is CCC(O)CC(C)C.CCCC(C)C(O)CC. The summed E-state index contributed by atoms with van der Waals surface area (Å²) in [7, 11) is 0. The number of aliphatic hydroxyl groups is 2. The average Bonchev–Trinajstić information content (AvgIpc) is 2.28. The molecule has 17 heavy (non-hydrogen) atoms. The van der Waals surface area contributed by atoms with Gasteiger partial charge in [0.2, 0.25) is 0 Å². The van der Waals surface area contributed by atoms with Crippen LogP contribution in [0.5, 0.6) is 0 Å². The van der Waals surface area contributed by atoms with E-state index in [-0.39, 0.29) is 12.2 Å². The van der Waals surface area contributed by atoms with Gasteiger partial charge >= 0.3 is 0 Å². The number of hydrogen-bond donors (Lipinski definition) is 2. The van der Waals surface area contributed by atoms with E-state index >= 15 is 0 Å². The normalized spacial score (nSPS) is 16.1. The molecule has 106 valence electrons. The minimum atomic E-state index is -0.0788. The third kappa shape index (κ3) is 13.9. The summed E-state index contributed by atoms with van der Waals surface area (Å²) >= 11 is 0. The van der Waals surface area contributed by atoms with Crippen LogP contribution in [0, 0.1) is 11.8 Å². The standard InChI is InChI=1S/C8H18O.C7H16O/c1-4-6-7(3)8(9)5-2;1-4-7(8)5-6(2)3/h7-9H,4-6H2,1-3H3;6-8H,4-5H2,1-3H3. The molecule has 0 saturated heterocycles. The summed E-state index contributed by atoms with van der Waals surface area (Å²) in [6.45, 7) is 12.5. The van der Waals surface area contributed by atoms with Crippen LogP contribution in [0.15, 0.2) is 0 Å². The molecule has 0 amide bonds. The van der Waals surface area contributed by atoms with Crippen LogP contribution in [0.3, 0.4) is 0 Å². The minimum Gasteiger partial charge on any atom is -0.393 e. The fraction of sp³-hybridized carbons (Fsp3) is 1.00. The zero-order valence-corrected chi connectivity index (χ0v) is 12.7. The largest absolute Gasteiger partial charge is 0.393 e. The van der Waals surface area contributed by atoms with Crippen LogP contribution in [0.1, 0.15) is 73.6 Å². The number of hydrogen-bond acceptors (Lipinski definition) is 2. The van der Waals surface area contributed by atoms with Crippen molar-refractivity contribution in [2.24, 2.45) is 11.8 Å². The summed E-state index contributed by atoms with van der Waals surface area (Å²) in [6.07, 6.45) is 4.89. The summed E-state index contributed by atoms with van der Waals surface area (Å²) in [5, 5.41) is 18.3. The fourth-order valence-electron chi connectivity index (χ4n) is 1.76. The van der Waals surface area contributed by atoms with E-state index in [0.717, 1.165) is 25.7 Å². The third-order valence-electron chi connectivity index (χ3n) is 3.03.